The van der Waals surface area contributed by atoms with Crippen LogP contribution in [0.15, 0.2) is 33.9 Å². The van der Waals surface area contributed by atoms with Gasteiger partial charge in [-0.3, -0.25) is 0 Å². The quantitative estimate of drug-likeness (QED) is 0.237. The van der Waals surface area contributed by atoms with Gasteiger partial charge in [-0.1, -0.05) is 53.1 Å². The number of benzene rings is 1. The van der Waals surface area contributed by atoms with Gasteiger partial charge in [0.1, 0.15) is 5.84 Å². The summed E-state index contributed by atoms with van der Waals surface area (Å²) >= 11 is 3.53. The van der Waals surface area contributed by atoms with Gasteiger partial charge in [-0.2, -0.15) is 0 Å². The molecule has 4 nitrogen and oxygen atoms in total. The Morgan fingerprint density at radius 1 is 1.42 bits per heavy atom. The molecule has 0 aliphatic carbocycles. The van der Waals surface area contributed by atoms with E-state index in [0.29, 0.717) is 5.84 Å². The predicted molar refractivity (Wildman–Crippen MR) is 82.3 cm³/mol. The van der Waals surface area contributed by atoms with Crippen molar-refractivity contribution in [3.8, 4) is 0 Å². The van der Waals surface area contributed by atoms with Gasteiger partial charge in [-0.15, -0.1) is 0 Å². The van der Waals surface area contributed by atoms with Gasteiger partial charge in [0.25, 0.3) is 0 Å². The van der Waals surface area contributed by atoms with E-state index >= 15 is 0 Å². The number of amidine groups is 1. The van der Waals surface area contributed by atoms with Crippen molar-refractivity contribution in [2.75, 3.05) is 6.54 Å². The molecule has 5 heteroatoms. The lowest BCUT2D eigenvalue weighted by Crippen LogP contribution is -2.32. The first-order chi connectivity index (χ1) is 8.97. The average molecular weight is 328 g/mol. The molecule has 0 amide bonds. The number of halogens is 1. The lowest BCUT2D eigenvalue weighted by atomic mass is 9.86. The van der Waals surface area contributed by atoms with Crippen LogP contribution >= 0.6 is 15.9 Å². The van der Waals surface area contributed by atoms with E-state index in [1.807, 2.05) is 32.0 Å². The van der Waals surface area contributed by atoms with Crippen molar-refractivity contribution in [2.45, 2.75) is 33.2 Å². The third-order valence-corrected chi connectivity index (χ3v) is 4.00. The van der Waals surface area contributed by atoms with E-state index in [1.165, 1.54) is 5.56 Å². The standard InChI is InChI=1S/C14H22BrN3O/c1-14(2,13(16)18-19)8-5-9-17-10-11-6-3-4-7-12(11)15/h3-4,6-7,17,19H,5,8-10H2,1-2H3,(H2,16,18). The maximum Gasteiger partial charge on any atom is 0.144 e. The summed E-state index contributed by atoms with van der Waals surface area (Å²) in [5, 5.41) is 15.2. The summed E-state index contributed by atoms with van der Waals surface area (Å²) in [6.45, 7) is 5.71. The molecule has 0 fully saturated rings. The zero-order valence-corrected chi connectivity index (χ0v) is 13.1. The SMILES string of the molecule is CC(C)(CCCNCc1ccccc1Br)C(N)=NO. The Kier molecular flexibility index (Phi) is 6.31. The van der Waals surface area contributed by atoms with Crippen molar-refractivity contribution < 1.29 is 5.21 Å². The predicted octanol–water partition coefficient (Wildman–Crippen LogP) is 3.09. The normalized spacial score (nSPS) is 12.7. The van der Waals surface area contributed by atoms with Crippen LogP contribution in [-0.4, -0.2) is 17.6 Å². The smallest absolute Gasteiger partial charge is 0.144 e. The van der Waals surface area contributed by atoms with Gasteiger partial charge in [-0.25, -0.2) is 0 Å². The Balaban J connectivity index is 2.27. The van der Waals surface area contributed by atoms with Crippen LogP contribution in [0.1, 0.15) is 32.3 Å². The van der Waals surface area contributed by atoms with Crippen molar-refractivity contribution in [1.82, 2.24) is 5.32 Å². The summed E-state index contributed by atoms with van der Waals surface area (Å²) in [7, 11) is 0. The highest BCUT2D eigenvalue weighted by Crippen LogP contribution is 2.22. The highest BCUT2D eigenvalue weighted by Gasteiger charge is 2.22. The fraction of sp³-hybridized carbons (Fsp3) is 0.500. The molecule has 0 spiro atoms. The molecule has 0 aromatic heterocycles. The number of nitrogens with one attached hydrogen (secondary N) is 1. The second kappa shape index (κ2) is 7.50. The lowest BCUT2D eigenvalue weighted by Gasteiger charge is -2.22. The number of hydrogen-bond donors (Lipinski definition) is 3. The molecule has 106 valence electrons. The Bertz CT molecular complexity index is 432. The maximum absolute atomic E-state index is 8.69. The van der Waals surface area contributed by atoms with Gasteiger partial charge < -0.3 is 16.3 Å². The molecule has 19 heavy (non-hydrogen) atoms. The fourth-order valence-electron chi connectivity index (χ4n) is 1.78. The minimum Gasteiger partial charge on any atom is -0.409 e. The molecule has 1 aromatic carbocycles. The number of nitrogens with two attached hydrogens (primary N) is 1. The van der Waals surface area contributed by atoms with E-state index in [2.05, 4.69) is 32.5 Å². The van der Waals surface area contributed by atoms with Crippen LogP contribution in [0, 0.1) is 5.41 Å². The van der Waals surface area contributed by atoms with Gasteiger partial charge in [0.05, 0.1) is 0 Å². The van der Waals surface area contributed by atoms with Crippen LogP contribution in [0.5, 0.6) is 0 Å². The van der Waals surface area contributed by atoms with Crippen molar-refractivity contribution in [1.29, 1.82) is 0 Å². The van der Waals surface area contributed by atoms with E-state index in [9.17, 15) is 0 Å². The number of rotatable bonds is 7. The molecule has 4 N–H and O–H groups in total. The monoisotopic (exact) mass is 327 g/mol. The van der Waals surface area contributed by atoms with Crippen molar-refractivity contribution in [3.05, 3.63) is 34.3 Å². The third-order valence-electron chi connectivity index (χ3n) is 3.23. The van der Waals surface area contributed by atoms with E-state index < -0.39 is 0 Å². The van der Waals surface area contributed by atoms with E-state index in [4.69, 9.17) is 10.9 Å². The summed E-state index contributed by atoms with van der Waals surface area (Å²) in [6.07, 6.45) is 1.86. The Morgan fingerprint density at radius 3 is 2.74 bits per heavy atom. The van der Waals surface area contributed by atoms with Crippen LogP contribution in [0.3, 0.4) is 0 Å². The summed E-state index contributed by atoms with van der Waals surface area (Å²) in [6, 6.07) is 8.17. The van der Waals surface area contributed by atoms with Crippen LogP contribution in [0.25, 0.3) is 0 Å². The van der Waals surface area contributed by atoms with Gasteiger partial charge in [0.15, 0.2) is 0 Å². The Labute approximate surface area is 123 Å². The average Bonchev–Trinajstić information content (AvgIpc) is 2.39. The zero-order chi connectivity index (χ0) is 14.3. The topological polar surface area (TPSA) is 70.6 Å². The number of hydrogen-bond acceptors (Lipinski definition) is 3. The number of nitrogens with zero attached hydrogens (tertiary/aromatic N) is 1. The first kappa shape index (κ1) is 16.0. The van der Waals surface area contributed by atoms with E-state index in [0.717, 1.165) is 30.4 Å². The molecule has 0 saturated carbocycles. The highest BCUT2D eigenvalue weighted by molar-refractivity contribution is 9.10. The molecule has 0 atom stereocenters. The molecule has 0 bridgehead atoms. The van der Waals surface area contributed by atoms with Gasteiger partial charge in [0, 0.05) is 16.4 Å². The zero-order valence-electron chi connectivity index (χ0n) is 11.5. The van der Waals surface area contributed by atoms with E-state index in [1.54, 1.807) is 0 Å². The largest absolute Gasteiger partial charge is 0.409 e. The van der Waals surface area contributed by atoms with Gasteiger partial charge in [-0.05, 0) is 31.0 Å². The van der Waals surface area contributed by atoms with Crippen LogP contribution < -0.4 is 11.1 Å². The Morgan fingerprint density at radius 2 is 2.11 bits per heavy atom. The van der Waals surface area contributed by atoms with Crippen molar-refractivity contribution in [2.24, 2.45) is 16.3 Å². The molecule has 0 saturated heterocycles. The molecule has 1 rings (SSSR count). The minimum absolute atomic E-state index is 0.260. The molecule has 0 radical (unpaired) electrons. The summed E-state index contributed by atoms with van der Waals surface area (Å²) in [5.41, 5.74) is 6.64. The molecule has 1 aromatic rings. The lowest BCUT2D eigenvalue weighted by molar-refractivity contribution is 0.304. The molecule has 0 aliphatic heterocycles. The van der Waals surface area contributed by atoms with Gasteiger partial charge >= 0.3 is 0 Å². The molecular weight excluding hydrogens is 306 g/mol. The molecular formula is C14H22BrN3O. The summed E-state index contributed by atoms with van der Waals surface area (Å²) in [4.78, 5) is 0. The summed E-state index contributed by atoms with van der Waals surface area (Å²) in [5.74, 6) is 0.290. The first-order valence-corrected chi connectivity index (χ1v) is 7.19. The minimum atomic E-state index is -0.260. The molecule has 0 unspecified atom stereocenters. The third kappa shape index (κ3) is 5.20. The summed E-state index contributed by atoms with van der Waals surface area (Å²) < 4.78 is 1.12. The van der Waals surface area contributed by atoms with Crippen molar-refractivity contribution >= 4 is 21.8 Å². The highest BCUT2D eigenvalue weighted by atomic mass is 79.9. The van der Waals surface area contributed by atoms with Gasteiger partial charge in [0.2, 0.25) is 0 Å². The van der Waals surface area contributed by atoms with Crippen molar-refractivity contribution in [3.63, 3.8) is 0 Å². The van der Waals surface area contributed by atoms with Crippen LogP contribution in [0.2, 0.25) is 0 Å². The maximum atomic E-state index is 8.69. The molecule has 0 heterocycles. The second-order valence-electron chi connectivity index (χ2n) is 5.24. The fourth-order valence-corrected chi connectivity index (χ4v) is 2.21. The first-order valence-electron chi connectivity index (χ1n) is 6.39. The Hall–Kier alpha value is -1.07. The van der Waals surface area contributed by atoms with E-state index in [-0.39, 0.29) is 5.41 Å². The number of oxime groups is 1. The van der Waals surface area contributed by atoms with Crippen LogP contribution in [0.4, 0.5) is 0 Å². The second-order valence-corrected chi connectivity index (χ2v) is 6.10. The van der Waals surface area contributed by atoms with Crippen LogP contribution in [-0.2, 0) is 6.54 Å². The molecule has 0 aliphatic rings.